The largest absolute Gasteiger partial charge is 0.506 e. The monoisotopic (exact) mass is 757 g/mol. The van der Waals surface area contributed by atoms with Crippen molar-refractivity contribution in [3.63, 3.8) is 0 Å². The molecule has 2 aromatic carbocycles. The number of carboxylic acid groups (broad SMARTS) is 1. The molecule has 8 N–H and O–H groups in total. The highest BCUT2D eigenvalue weighted by Crippen LogP contribution is 2.36. The Kier molecular flexibility index (Phi) is 13.5. The lowest BCUT2D eigenvalue weighted by molar-refractivity contribution is -0.226. The molecule has 2 aromatic rings. The van der Waals surface area contributed by atoms with Gasteiger partial charge in [0.05, 0.1) is 41.8 Å². The zero-order chi connectivity index (χ0) is 38.3. The average Bonchev–Trinajstić information content (AvgIpc) is 3.13. The minimum Gasteiger partial charge on any atom is -0.506 e. The van der Waals surface area contributed by atoms with E-state index >= 15 is 0 Å². The standard InChI is InChI=1S/C38H48ClN3O11/c1-21(43)41-31-29(44)18-38(37(50)51)13-5-8-22-7-4-10-23(15-22)28(42-36(49)25-11-6-14-52-20-25)12-3-2-9-24-16-26(17-27(39)32(24)46)35(48)40-19-30(45)33(47)34(31)53-38/h4-5,7-8,10,15-17,25,28-31,33-34,44-47H,2-3,6,9,11-14,18-20H2,1H3,(H,40,48)(H,41,43)(H,42,49)(H,50,51)/b8-5+/t25?,28?,29-,30+,31+,33+,34+,38+/m0/s1. The van der Waals surface area contributed by atoms with Crippen LogP contribution >= 0.6 is 11.6 Å². The van der Waals surface area contributed by atoms with Crippen LogP contribution in [0.4, 0.5) is 0 Å². The van der Waals surface area contributed by atoms with Gasteiger partial charge in [-0.05, 0) is 67.0 Å². The Balaban J connectivity index is 1.50. The Labute approximate surface area is 312 Å². The van der Waals surface area contributed by atoms with E-state index in [9.17, 15) is 44.7 Å². The summed E-state index contributed by atoms with van der Waals surface area (Å²) < 4.78 is 11.6. The third-order valence-corrected chi connectivity index (χ3v) is 10.4. The number of carboxylic acids is 1. The molecule has 5 rings (SSSR count). The van der Waals surface area contributed by atoms with Crippen molar-refractivity contribution < 1.29 is 54.2 Å². The maximum atomic E-state index is 13.4. The van der Waals surface area contributed by atoms with Gasteiger partial charge in [0.1, 0.15) is 18.0 Å². The van der Waals surface area contributed by atoms with E-state index in [-0.39, 0.29) is 40.6 Å². The predicted octanol–water partition coefficient (Wildman–Crippen LogP) is 2.39. The van der Waals surface area contributed by atoms with Gasteiger partial charge in [0, 0.05) is 38.5 Å². The molecule has 53 heavy (non-hydrogen) atoms. The lowest BCUT2D eigenvalue weighted by Crippen LogP contribution is -2.67. The van der Waals surface area contributed by atoms with E-state index in [0.29, 0.717) is 50.0 Å². The molecule has 0 spiro atoms. The summed E-state index contributed by atoms with van der Waals surface area (Å²) in [5, 5.41) is 62.7. The van der Waals surface area contributed by atoms with Gasteiger partial charge < -0.3 is 51.0 Å². The summed E-state index contributed by atoms with van der Waals surface area (Å²) in [4.78, 5) is 51.4. The number of aliphatic carboxylic acids is 1. The maximum absolute atomic E-state index is 13.4. The predicted molar refractivity (Wildman–Crippen MR) is 193 cm³/mol. The van der Waals surface area contributed by atoms with Gasteiger partial charge >= 0.3 is 5.97 Å². The third-order valence-electron chi connectivity index (χ3n) is 10.1. The first-order valence-electron chi connectivity index (χ1n) is 17.9. The number of carbonyl (C=O) groups excluding carboxylic acids is 3. The first-order chi connectivity index (χ1) is 25.3. The number of halogens is 1. The third kappa shape index (κ3) is 9.93. The zero-order valence-corrected chi connectivity index (χ0v) is 30.3. The highest BCUT2D eigenvalue weighted by molar-refractivity contribution is 6.32. The Bertz CT molecular complexity index is 1680. The number of phenols is 1. The number of fused-ring (bicyclic) bond motifs is 6. The summed E-state index contributed by atoms with van der Waals surface area (Å²) in [6.07, 6.45) is -0.491. The van der Waals surface area contributed by atoms with Crippen LogP contribution in [0.2, 0.25) is 5.02 Å². The van der Waals surface area contributed by atoms with Crippen molar-refractivity contribution in [3.8, 4) is 5.75 Å². The van der Waals surface area contributed by atoms with E-state index < -0.39 is 66.8 Å². The minimum atomic E-state index is -2.06. The molecular formula is C38H48ClN3O11. The number of rotatable bonds is 4. The molecule has 2 unspecified atom stereocenters. The number of nitrogens with one attached hydrogen (secondary N) is 3. The molecule has 15 heteroatoms. The second-order valence-electron chi connectivity index (χ2n) is 14.1. The van der Waals surface area contributed by atoms with Crippen LogP contribution in [-0.4, -0.2) is 105 Å². The summed E-state index contributed by atoms with van der Waals surface area (Å²) in [7, 11) is 0. The van der Waals surface area contributed by atoms with Crippen molar-refractivity contribution in [2.24, 2.45) is 5.92 Å². The van der Waals surface area contributed by atoms with Crippen LogP contribution in [0.15, 0.2) is 42.5 Å². The van der Waals surface area contributed by atoms with E-state index in [2.05, 4.69) is 16.0 Å². The Morgan fingerprint density at radius 2 is 1.81 bits per heavy atom. The summed E-state index contributed by atoms with van der Waals surface area (Å²) in [5.41, 5.74) is -0.0366. The van der Waals surface area contributed by atoms with Gasteiger partial charge in [-0.1, -0.05) is 48.4 Å². The molecule has 3 aliphatic rings. The Hall–Kier alpha value is -4.05. The highest BCUT2D eigenvalue weighted by atomic mass is 35.5. The summed E-state index contributed by atoms with van der Waals surface area (Å²) in [6.45, 7) is 1.62. The van der Waals surface area contributed by atoms with Crippen LogP contribution < -0.4 is 16.0 Å². The fraction of sp³-hybridized carbons (Fsp3) is 0.526. The van der Waals surface area contributed by atoms with Crippen molar-refractivity contribution in [3.05, 3.63) is 69.8 Å². The summed E-state index contributed by atoms with van der Waals surface area (Å²) in [6, 6.07) is 8.50. The van der Waals surface area contributed by atoms with E-state index in [1.165, 1.54) is 19.1 Å². The number of carbonyl (C=O) groups is 4. The highest BCUT2D eigenvalue weighted by Gasteiger charge is 2.54. The van der Waals surface area contributed by atoms with Crippen LogP contribution in [0.25, 0.3) is 6.08 Å². The van der Waals surface area contributed by atoms with Crippen LogP contribution in [0.5, 0.6) is 5.75 Å². The van der Waals surface area contributed by atoms with Crippen LogP contribution in [-0.2, 0) is 30.3 Å². The molecule has 14 nitrogen and oxygen atoms in total. The van der Waals surface area contributed by atoms with Crippen molar-refractivity contribution in [2.75, 3.05) is 19.8 Å². The number of aliphatic hydroxyl groups excluding tert-OH is 3. The molecule has 3 amide bonds. The number of ether oxygens (including phenoxy) is 2. The van der Waals surface area contributed by atoms with Crippen molar-refractivity contribution in [2.45, 2.75) is 100 Å². The average molecular weight is 758 g/mol. The van der Waals surface area contributed by atoms with Gasteiger partial charge in [0.25, 0.3) is 5.91 Å². The second kappa shape index (κ2) is 17.9. The molecule has 6 bridgehead atoms. The fourth-order valence-electron chi connectivity index (χ4n) is 7.22. The Morgan fingerprint density at radius 1 is 1.02 bits per heavy atom. The Morgan fingerprint density at radius 3 is 2.53 bits per heavy atom. The molecule has 0 saturated carbocycles. The molecule has 3 heterocycles. The van der Waals surface area contributed by atoms with Gasteiger partial charge in [-0.3, -0.25) is 14.4 Å². The number of aliphatic hydroxyl groups is 3. The van der Waals surface area contributed by atoms with Gasteiger partial charge in [0.2, 0.25) is 11.8 Å². The van der Waals surface area contributed by atoms with E-state index in [0.717, 1.165) is 18.4 Å². The lowest BCUT2D eigenvalue weighted by atomic mass is 9.81. The molecule has 2 saturated heterocycles. The van der Waals surface area contributed by atoms with Gasteiger partial charge in [-0.25, -0.2) is 4.79 Å². The van der Waals surface area contributed by atoms with E-state index in [4.69, 9.17) is 21.1 Å². The second-order valence-corrected chi connectivity index (χ2v) is 14.5. The molecule has 0 aromatic heterocycles. The fourth-order valence-corrected chi connectivity index (χ4v) is 7.46. The number of phenolic OH excluding ortho intramolecular Hbond substituents is 1. The van der Waals surface area contributed by atoms with Crippen LogP contribution in [0.1, 0.15) is 85.0 Å². The molecule has 288 valence electrons. The first-order valence-corrected chi connectivity index (χ1v) is 18.3. The van der Waals surface area contributed by atoms with E-state index in [1.807, 2.05) is 24.3 Å². The zero-order valence-electron chi connectivity index (χ0n) is 29.5. The molecule has 3 aliphatic heterocycles. The molecular weight excluding hydrogens is 710 g/mol. The minimum absolute atomic E-state index is 0.0554. The number of β-amino-alcohol motifs (C(OH)–C–C–N with tert-alkyl or cyclic N) is 1. The number of hydrogen-bond acceptors (Lipinski definition) is 10. The summed E-state index contributed by atoms with van der Waals surface area (Å²) in [5.74, 6) is -3.26. The number of amides is 3. The number of benzene rings is 2. The topological polar surface area (TPSA) is 224 Å². The molecule has 0 aliphatic carbocycles. The molecule has 2 fully saturated rings. The van der Waals surface area contributed by atoms with Gasteiger partial charge in [0.15, 0.2) is 5.60 Å². The first kappa shape index (κ1) is 40.1. The SMILES string of the molecule is CC(=O)N[C@H]1[C@H]2O[C@](C(=O)O)(C/C=C/c3cccc(c3)C(NC(=O)C3CCCOC3)CCCCc3cc(cc(Cl)c3O)C(=O)NC[C@@H](O)[C@H]2O)C[C@@H]1O. The lowest BCUT2D eigenvalue weighted by Gasteiger charge is -2.47. The normalized spacial score (nSPS) is 30.7. The molecule has 0 radical (unpaired) electrons. The number of aromatic hydroxyl groups is 1. The van der Waals surface area contributed by atoms with E-state index in [1.54, 1.807) is 12.2 Å². The summed E-state index contributed by atoms with van der Waals surface area (Å²) >= 11 is 6.30. The van der Waals surface area contributed by atoms with Crippen LogP contribution in [0, 0.1) is 5.92 Å². The van der Waals surface area contributed by atoms with Crippen LogP contribution in [0.3, 0.4) is 0 Å². The van der Waals surface area contributed by atoms with Gasteiger partial charge in [-0.2, -0.15) is 0 Å². The smallest absolute Gasteiger partial charge is 0.336 e. The molecule has 8 atom stereocenters. The maximum Gasteiger partial charge on any atom is 0.336 e. The van der Waals surface area contributed by atoms with Crippen molar-refractivity contribution in [1.29, 1.82) is 0 Å². The number of aryl methyl sites for hydroxylation is 1. The van der Waals surface area contributed by atoms with Gasteiger partial charge in [-0.15, -0.1) is 0 Å². The number of hydrogen-bond donors (Lipinski definition) is 8. The van der Waals surface area contributed by atoms with Crippen molar-refractivity contribution >= 4 is 41.4 Å². The quantitative estimate of drug-likeness (QED) is 0.226. The van der Waals surface area contributed by atoms with Crippen molar-refractivity contribution in [1.82, 2.24) is 16.0 Å².